The molecule has 8 aliphatic heterocycles. The molecule has 2 atom stereocenters. The molecule has 27 heteroatoms. The van der Waals surface area contributed by atoms with Crippen molar-refractivity contribution in [2.24, 2.45) is 0 Å². The maximum Gasteiger partial charge on any atom is 0.320 e. The van der Waals surface area contributed by atoms with Gasteiger partial charge < -0.3 is 75.7 Å². The molecule has 4 aromatic heterocycles. The van der Waals surface area contributed by atoms with Crippen molar-refractivity contribution in [2.75, 3.05) is 175 Å². The van der Waals surface area contributed by atoms with Crippen LogP contribution in [0.1, 0.15) is 152 Å². The SMILES string of the molecule is C=C1Cc2c(N)nc(OCCCC)nc2N(Cc2ccc(-c3cccc(CN4CCCC4)c3)cc2)C1.C=C1Cc2c(N)nc(OCCOC)nc2N(Cc2ccc(-c3cccc(CN4CCCC4)c3)cc2)C1.C=C1Cc2c(N)nc(O[C@@H](C)COC)nc2N(Cc2cccc(CN3CCCC3)c2)C1.C=C1Cc2c(N)nc(O[C@H](C)COC)nc2N(Cc2cccc(CN3CCCC3)c2)C1. The zero-order chi connectivity index (χ0) is 93.4. The van der Waals surface area contributed by atoms with E-state index in [0.717, 1.165) is 153 Å². The number of nitrogens with two attached hydrogens (primary N) is 4. The van der Waals surface area contributed by atoms with E-state index in [1.54, 1.807) is 21.3 Å². The lowest BCUT2D eigenvalue weighted by Crippen LogP contribution is -2.32. The largest absolute Gasteiger partial charge is 0.463 e. The van der Waals surface area contributed by atoms with Crippen LogP contribution in [0.25, 0.3) is 22.3 Å². The lowest BCUT2D eigenvalue weighted by Gasteiger charge is -2.32. The molecule has 0 radical (unpaired) electrons. The van der Waals surface area contributed by atoms with Gasteiger partial charge in [0, 0.05) is 148 Å². The van der Waals surface area contributed by atoms with Gasteiger partial charge in [-0.25, -0.2) is 0 Å². The molecular weight excluding hydrogens is 1680 g/mol. The Balaban J connectivity index is 0.000000137. The predicted octanol–water partition coefficient (Wildman–Crippen LogP) is 16.5. The highest BCUT2D eigenvalue weighted by Crippen LogP contribution is 2.40. The van der Waals surface area contributed by atoms with Crippen LogP contribution < -0.4 is 61.5 Å². The van der Waals surface area contributed by atoms with E-state index in [1.807, 2.05) is 13.8 Å². The monoisotopic (exact) mass is 1820 g/mol. The zero-order valence-corrected chi connectivity index (χ0v) is 79.7. The Morgan fingerprint density at radius 1 is 0.313 bits per heavy atom. The first kappa shape index (κ1) is 96.5. The molecule has 6 aromatic carbocycles. The summed E-state index contributed by atoms with van der Waals surface area (Å²) in [6.45, 7) is 44.9. The smallest absolute Gasteiger partial charge is 0.320 e. The number of unbranched alkanes of at least 4 members (excludes halogenated alkanes) is 1. The topological polar surface area (TPSA) is 298 Å². The fourth-order valence-corrected chi connectivity index (χ4v) is 19.0. The fraction of sp³-hybridized carbons (Fsp3) is 0.439. The van der Waals surface area contributed by atoms with Crippen molar-refractivity contribution in [1.29, 1.82) is 0 Å². The second-order valence-corrected chi connectivity index (χ2v) is 37.1. The highest BCUT2D eigenvalue weighted by Gasteiger charge is 2.32. The first-order chi connectivity index (χ1) is 65.2. The molecule has 0 bridgehead atoms. The zero-order valence-electron chi connectivity index (χ0n) is 79.7. The van der Waals surface area contributed by atoms with Gasteiger partial charge in [0.15, 0.2) is 0 Å². The number of benzene rings is 6. The minimum absolute atomic E-state index is 0.156. The van der Waals surface area contributed by atoms with E-state index >= 15 is 0 Å². The van der Waals surface area contributed by atoms with Crippen molar-refractivity contribution in [3.8, 4) is 46.3 Å². The second-order valence-electron chi connectivity index (χ2n) is 37.1. The summed E-state index contributed by atoms with van der Waals surface area (Å²) in [6, 6.07) is 54.4. The predicted molar refractivity (Wildman–Crippen MR) is 538 cm³/mol. The van der Waals surface area contributed by atoms with Crippen molar-refractivity contribution in [3.05, 3.63) is 261 Å². The number of hydrogen-bond acceptors (Lipinski definition) is 27. The summed E-state index contributed by atoms with van der Waals surface area (Å²) in [5.41, 5.74) is 48.7. The first-order valence-corrected chi connectivity index (χ1v) is 48.0. The van der Waals surface area contributed by atoms with E-state index in [9.17, 15) is 0 Å². The summed E-state index contributed by atoms with van der Waals surface area (Å²) in [5.74, 6) is 5.20. The Hall–Kier alpha value is -12.1. The van der Waals surface area contributed by atoms with E-state index in [-0.39, 0.29) is 18.2 Å². The van der Waals surface area contributed by atoms with Crippen LogP contribution in [0.4, 0.5) is 46.5 Å². The van der Waals surface area contributed by atoms with Crippen molar-refractivity contribution < 1.29 is 33.2 Å². The number of nitrogens with zero attached hydrogens (tertiary/aromatic N) is 16. The molecule has 0 saturated carbocycles. The van der Waals surface area contributed by atoms with Gasteiger partial charge in [-0.2, -0.15) is 39.9 Å². The van der Waals surface area contributed by atoms with Gasteiger partial charge in [0.1, 0.15) is 65.4 Å². The third-order valence-corrected chi connectivity index (χ3v) is 25.5. The Bertz CT molecular complexity index is 5280. The van der Waals surface area contributed by atoms with Crippen LogP contribution in [-0.2, 0) is 92.3 Å². The van der Waals surface area contributed by atoms with Gasteiger partial charge in [-0.1, -0.05) is 195 Å². The number of nitrogen functional groups attached to an aromatic ring is 4. The minimum atomic E-state index is -0.156. The van der Waals surface area contributed by atoms with Gasteiger partial charge in [0.2, 0.25) is 0 Å². The first-order valence-electron chi connectivity index (χ1n) is 48.0. The minimum Gasteiger partial charge on any atom is -0.463 e. The van der Waals surface area contributed by atoms with Crippen LogP contribution >= 0.6 is 0 Å². The lowest BCUT2D eigenvalue weighted by molar-refractivity contribution is 0.0856. The van der Waals surface area contributed by atoms with Crippen LogP contribution in [0.2, 0.25) is 0 Å². The highest BCUT2D eigenvalue weighted by atomic mass is 16.5. The van der Waals surface area contributed by atoms with E-state index in [2.05, 4.69) is 243 Å². The van der Waals surface area contributed by atoms with Gasteiger partial charge in [0.25, 0.3) is 0 Å². The molecule has 12 heterocycles. The fourth-order valence-electron chi connectivity index (χ4n) is 19.0. The van der Waals surface area contributed by atoms with Crippen LogP contribution in [-0.4, -0.2) is 205 Å². The van der Waals surface area contributed by atoms with Gasteiger partial charge in [-0.05, 0) is 203 Å². The Labute approximate surface area is 792 Å². The van der Waals surface area contributed by atoms with Crippen LogP contribution in [0.3, 0.4) is 0 Å². The lowest BCUT2D eigenvalue weighted by atomic mass is 9.99. The Morgan fingerprint density at radius 2 is 0.597 bits per heavy atom. The van der Waals surface area contributed by atoms with Crippen LogP contribution in [0, 0.1) is 0 Å². The van der Waals surface area contributed by atoms with Crippen molar-refractivity contribution in [1.82, 2.24) is 59.5 Å². The summed E-state index contributed by atoms with van der Waals surface area (Å²) >= 11 is 0. The average Bonchev–Trinajstić information content (AvgIpc) is 1.41. The summed E-state index contributed by atoms with van der Waals surface area (Å²) in [7, 11) is 4.93. The molecule has 0 aliphatic carbocycles. The van der Waals surface area contributed by atoms with Crippen LogP contribution in [0.5, 0.6) is 24.0 Å². The van der Waals surface area contributed by atoms with Crippen molar-refractivity contribution in [3.63, 3.8) is 0 Å². The number of fused-ring (bicyclic) bond motifs is 4. The van der Waals surface area contributed by atoms with E-state index in [4.69, 9.17) is 71.0 Å². The average molecular weight is 1820 g/mol. The molecule has 4 saturated heterocycles. The molecule has 4 fully saturated rings. The van der Waals surface area contributed by atoms with Crippen molar-refractivity contribution >= 4 is 46.5 Å². The highest BCUT2D eigenvalue weighted by molar-refractivity contribution is 5.69. The van der Waals surface area contributed by atoms with Gasteiger partial charge in [-0.3, -0.25) is 19.6 Å². The summed E-state index contributed by atoms with van der Waals surface area (Å²) in [4.78, 5) is 55.4. The molecule has 0 amide bonds. The number of ether oxygens (including phenoxy) is 7. The number of methoxy groups -OCH3 is 3. The molecule has 8 N–H and O–H groups in total. The molecule has 0 unspecified atom stereocenters. The maximum absolute atomic E-state index is 6.31. The number of anilines is 8. The molecule has 10 aromatic rings. The molecule has 134 heavy (non-hydrogen) atoms. The molecule has 27 nitrogen and oxygen atoms in total. The number of hydrogen-bond donors (Lipinski definition) is 4. The number of rotatable bonds is 34. The van der Waals surface area contributed by atoms with E-state index < -0.39 is 0 Å². The third kappa shape index (κ3) is 26.7. The molecule has 8 aliphatic rings. The summed E-state index contributed by atoms with van der Waals surface area (Å²) in [6.07, 6.45) is 15.0. The molecule has 18 rings (SSSR count). The molecular formula is C107H138N20O7. The number of aromatic nitrogens is 8. The van der Waals surface area contributed by atoms with Gasteiger partial charge in [0.05, 0.1) is 26.4 Å². The Kier molecular flexibility index (Phi) is 34.0. The van der Waals surface area contributed by atoms with Crippen LogP contribution in [0.15, 0.2) is 194 Å². The number of likely N-dealkylation sites (tertiary alicyclic amines) is 4. The normalized spacial score (nSPS) is 16.6. The summed E-state index contributed by atoms with van der Waals surface area (Å²) < 4.78 is 38.5. The van der Waals surface area contributed by atoms with Gasteiger partial charge in [-0.15, -0.1) is 0 Å². The van der Waals surface area contributed by atoms with Crippen molar-refractivity contribution in [2.45, 2.75) is 175 Å². The molecule has 0 spiro atoms. The summed E-state index contributed by atoms with van der Waals surface area (Å²) in [5, 5.41) is 0. The Morgan fingerprint density at radius 3 is 0.910 bits per heavy atom. The van der Waals surface area contributed by atoms with E-state index in [1.165, 1.54) is 170 Å². The van der Waals surface area contributed by atoms with E-state index in [0.29, 0.717) is 107 Å². The quantitative estimate of drug-likeness (QED) is 0.0215. The second kappa shape index (κ2) is 47.2. The van der Waals surface area contributed by atoms with Gasteiger partial charge >= 0.3 is 24.0 Å². The molecule has 708 valence electrons. The third-order valence-electron chi connectivity index (χ3n) is 25.5. The maximum atomic E-state index is 6.31. The standard InChI is InChI=1S/C30H37N5O.C29H35N5O2.2C24H33N5O2/c1-3-4-16-36-30-32-28(31)27-17-22(2)19-35(29(27)33-30)21-23-10-12-25(13-11-23)26-9-7-8-24(18-26)20-34-14-5-6-15-34;1-21-16-26-27(30)31-29(36-15-14-35-2)32-28(26)34(18-21)20-22-8-10-24(11-9-22)25-7-5-6-23(17-25)19-33-12-3-4-13-33;2*1-17-11-21-22(25)26-24(31-18(2)16-30-3)27-23(21)29(13-17)15-20-8-6-7-19(12-20)14-28-9-4-5-10-28/h7-13,18H,2-6,14-17,19-21H2,1H3,(H2,31,32,33);5-11,17H,1,3-4,12-16,18-20H2,2H3,(H2,30,31,32);2*6-8,12,18H,1,4-5,9-11,13-16H2,2-3H3,(H2,25,26,27)/t;;2*18-/m..10/s1.